The molecule has 3 rings (SSSR count). The third-order valence-electron chi connectivity index (χ3n) is 6.56. The van der Waals surface area contributed by atoms with Gasteiger partial charge in [0.15, 0.2) is 0 Å². The van der Waals surface area contributed by atoms with E-state index in [4.69, 9.17) is 4.98 Å². The highest BCUT2D eigenvalue weighted by molar-refractivity contribution is 7.10. The molecule has 0 fully saturated rings. The van der Waals surface area contributed by atoms with E-state index in [1.165, 1.54) is 72.3 Å². The highest BCUT2D eigenvalue weighted by atomic mass is 32.1. The molecular weight excluding hydrogens is 346 g/mol. The average Bonchev–Trinajstić information content (AvgIpc) is 3.12. The normalized spacial score (nSPS) is 18.9. The Hall–Kier alpha value is -1.15. The van der Waals surface area contributed by atoms with Crippen LogP contribution >= 0.6 is 11.3 Å². The summed E-state index contributed by atoms with van der Waals surface area (Å²) >= 11 is 1.87. The van der Waals surface area contributed by atoms with E-state index in [0.717, 1.165) is 0 Å². The SMILES string of the molecule is CCCCC(CCC)c1nc(-c2ccc3c(c2)C(C)(C)CCC3(C)C)cs1. The van der Waals surface area contributed by atoms with Crippen LogP contribution in [0.2, 0.25) is 0 Å². The Balaban J connectivity index is 1.93. The maximum Gasteiger partial charge on any atom is 0.0963 e. The predicted octanol–water partition coefficient (Wildman–Crippen LogP) is 8.23. The molecule has 0 bridgehead atoms. The minimum absolute atomic E-state index is 0.256. The Kier molecular flexibility index (Phi) is 6.15. The third kappa shape index (κ3) is 4.31. The summed E-state index contributed by atoms with van der Waals surface area (Å²) in [7, 11) is 0. The lowest BCUT2D eigenvalue weighted by atomic mass is 9.63. The number of benzene rings is 1. The number of nitrogens with zero attached hydrogens (tertiary/aromatic N) is 1. The van der Waals surface area contributed by atoms with E-state index in [-0.39, 0.29) is 10.8 Å². The van der Waals surface area contributed by atoms with Crippen LogP contribution in [0, 0.1) is 0 Å². The van der Waals surface area contributed by atoms with Crippen LogP contribution in [0.4, 0.5) is 0 Å². The van der Waals surface area contributed by atoms with Crippen LogP contribution in [0.3, 0.4) is 0 Å². The molecule has 1 aromatic heterocycles. The van der Waals surface area contributed by atoms with Crippen molar-refractivity contribution >= 4 is 11.3 Å². The molecule has 0 aliphatic heterocycles. The highest BCUT2D eigenvalue weighted by Gasteiger charge is 2.37. The number of unbranched alkanes of at least 4 members (excludes halogenated alkanes) is 1. The molecular formula is C25H37NS. The number of hydrogen-bond donors (Lipinski definition) is 0. The van der Waals surface area contributed by atoms with Crippen LogP contribution in [0.15, 0.2) is 23.6 Å². The summed E-state index contributed by atoms with van der Waals surface area (Å²) in [6.07, 6.45) is 8.89. The van der Waals surface area contributed by atoms with Gasteiger partial charge in [0.25, 0.3) is 0 Å². The van der Waals surface area contributed by atoms with Crippen molar-refractivity contribution in [2.24, 2.45) is 0 Å². The Labute approximate surface area is 170 Å². The number of hydrogen-bond acceptors (Lipinski definition) is 2. The van der Waals surface area contributed by atoms with Crippen LogP contribution in [0.1, 0.15) is 109 Å². The van der Waals surface area contributed by atoms with Gasteiger partial charge in [0, 0.05) is 16.9 Å². The van der Waals surface area contributed by atoms with Gasteiger partial charge >= 0.3 is 0 Å². The molecule has 1 heterocycles. The monoisotopic (exact) mass is 383 g/mol. The molecule has 1 aromatic carbocycles. The second-order valence-corrected chi connectivity index (χ2v) is 10.6. The molecule has 2 heteroatoms. The Morgan fingerprint density at radius 3 is 2.33 bits per heavy atom. The maximum atomic E-state index is 5.10. The van der Waals surface area contributed by atoms with Gasteiger partial charge in [-0.25, -0.2) is 4.98 Å². The van der Waals surface area contributed by atoms with Gasteiger partial charge in [0.2, 0.25) is 0 Å². The van der Waals surface area contributed by atoms with Crippen LogP contribution in [0.5, 0.6) is 0 Å². The molecule has 1 nitrogen and oxygen atoms in total. The molecule has 0 saturated carbocycles. The van der Waals surface area contributed by atoms with Crippen LogP contribution < -0.4 is 0 Å². The van der Waals surface area contributed by atoms with Crippen molar-refractivity contribution in [3.63, 3.8) is 0 Å². The standard InChI is InChI=1S/C25H37NS/c1-7-9-11-18(10-8-2)23-26-22(17-27-23)19-12-13-20-21(16-19)25(5,6)15-14-24(20,3)4/h12-13,16-18H,7-11,14-15H2,1-6H3. The van der Waals surface area contributed by atoms with Gasteiger partial charge in [-0.3, -0.25) is 0 Å². The molecule has 27 heavy (non-hydrogen) atoms. The molecule has 0 saturated heterocycles. The first kappa shape index (κ1) is 20.6. The van der Waals surface area contributed by atoms with Gasteiger partial charge in [-0.2, -0.15) is 0 Å². The molecule has 1 aliphatic rings. The topological polar surface area (TPSA) is 12.9 Å². The average molecular weight is 384 g/mol. The number of aromatic nitrogens is 1. The Morgan fingerprint density at radius 2 is 1.67 bits per heavy atom. The van der Waals surface area contributed by atoms with Crippen molar-refractivity contribution in [2.75, 3.05) is 0 Å². The van der Waals surface area contributed by atoms with E-state index in [9.17, 15) is 0 Å². The lowest BCUT2D eigenvalue weighted by Crippen LogP contribution is -2.33. The lowest BCUT2D eigenvalue weighted by molar-refractivity contribution is 0.332. The van der Waals surface area contributed by atoms with Crippen molar-refractivity contribution in [3.8, 4) is 11.3 Å². The summed E-state index contributed by atoms with van der Waals surface area (Å²) in [4.78, 5) is 5.10. The summed E-state index contributed by atoms with van der Waals surface area (Å²) in [6.45, 7) is 14.2. The Morgan fingerprint density at radius 1 is 0.963 bits per heavy atom. The minimum Gasteiger partial charge on any atom is -0.241 e. The van der Waals surface area contributed by atoms with E-state index in [1.54, 1.807) is 0 Å². The summed E-state index contributed by atoms with van der Waals surface area (Å²) in [5.74, 6) is 0.640. The second-order valence-electron chi connectivity index (χ2n) is 9.73. The maximum absolute atomic E-state index is 5.10. The first-order chi connectivity index (χ1) is 12.8. The minimum atomic E-state index is 0.256. The quantitative estimate of drug-likeness (QED) is 0.469. The number of thiazole rings is 1. The summed E-state index contributed by atoms with van der Waals surface area (Å²) in [5.41, 5.74) is 6.07. The zero-order chi connectivity index (χ0) is 19.7. The van der Waals surface area contributed by atoms with Crippen LogP contribution in [-0.4, -0.2) is 4.98 Å². The van der Waals surface area contributed by atoms with Crippen molar-refractivity contribution in [3.05, 3.63) is 39.7 Å². The summed E-state index contributed by atoms with van der Waals surface area (Å²) in [5, 5.41) is 3.63. The van der Waals surface area contributed by atoms with Gasteiger partial charge in [-0.05, 0) is 53.7 Å². The van der Waals surface area contributed by atoms with E-state index in [1.807, 2.05) is 11.3 Å². The van der Waals surface area contributed by atoms with Gasteiger partial charge in [-0.15, -0.1) is 11.3 Å². The fourth-order valence-electron chi connectivity index (χ4n) is 4.55. The van der Waals surface area contributed by atoms with Gasteiger partial charge in [-0.1, -0.05) is 72.9 Å². The molecule has 1 aliphatic carbocycles. The largest absolute Gasteiger partial charge is 0.241 e. The molecule has 0 spiro atoms. The van der Waals surface area contributed by atoms with Gasteiger partial charge < -0.3 is 0 Å². The molecule has 1 atom stereocenters. The van der Waals surface area contributed by atoms with Crippen molar-refractivity contribution in [2.45, 2.75) is 103 Å². The summed E-state index contributed by atoms with van der Waals surface area (Å²) in [6, 6.07) is 7.13. The number of rotatable bonds is 7. The van der Waals surface area contributed by atoms with Crippen LogP contribution in [0.25, 0.3) is 11.3 Å². The fraction of sp³-hybridized carbons (Fsp3) is 0.640. The number of fused-ring (bicyclic) bond motifs is 1. The smallest absolute Gasteiger partial charge is 0.0963 e. The van der Waals surface area contributed by atoms with Crippen molar-refractivity contribution in [1.82, 2.24) is 4.98 Å². The molecule has 0 radical (unpaired) electrons. The van der Waals surface area contributed by atoms with E-state index >= 15 is 0 Å². The van der Waals surface area contributed by atoms with E-state index in [0.29, 0.717) is 5.92 Å². The fourth-order valence-corrected chi connectivity index (χ4v) is 5.55. The molecule has 2 aromatic rings. The highest BCUT2D eigenvalue weighted by Crippen LogP contribution is 2.47. The molecule has 0 amide bonds. The Bertz CT molecular complexity index is 768. The first-order valence-electron chi connectivity index (χ1n) is 10.9. The van der Waals surface area contributed by atoms with Crippen molar-refractivity contribution in [1.29, 1.82) is 0 Å². The molecule has 1 unspecified atom stereocenters. The predicted molar refractivity (Wildman–Crippen MR) is 120 cm³/mol. The van der Waals surface area contributed by atoms with Crippen molar-refractivity contribution < 1.29 is 0 Å². The van der Waals surface area contributed by atoms with Gasteiger partial charge in [0.1, 0.15) is 0 Å². The zero-order valence-corrected chi connectivity index (χ0v) is 19.0. The van der Waals surface area contributed by atoms with E-state index < -0.39 is 0 Å². The molecule has 0 N–H and O–H groups in total. The lowest BCUT2D eigenvalue weighted by Gasteiger charge is -2.42. The third-order valence-corrected chi connectivity index (χ3v) is 7.57. The van der Waals surface area contributed by atoms with Crippen LogP contribution in [-0.2, 0) is 10.8 Å². The summed E-state index contributed by atoms with van der Waals surface area (Å²) < 4.78 is 0. The second kappa shape index (κ2) is 8.07. The van der Waals surface area contributed by atoms with E-state index in [2.05, 4.69) is 65.1 Å². The first-order valence-corrected chi connectivity index (χ1v) is 11.8. The zero-order valence-electron chi connectivity index (χ0n) is 18.2. The molecule has 148 valence electrons. The van der Waals surface area contributed by atoms with Gasteiger partial charge in [0.05, 0.1) is 10.7 Å².